The molecule has 4 rings (SSSR count). The predicted octanol–water partition coefficient (Wildman–Crippen LogP) is 4.19. The quantitative estimate of drug-likeness (QED) is 0.314. The van der Waals surface area contributed by atoms with E-state index < -0.39 is 11.7 Å². The van der Waals surface area contributed by atoms with Crippen molar-refractivity contribution in [3.8, 4) is 0 Å². The number of hydrazine groups is 1. The Morgan fingerprint density at radius 3 is 2.43 bits per heavy atom. The van der Waals surface area contributed by atoms with E-state index in [1.807, 2.05) is 58.8 Å². The second-order valence-electron chi connectivity index (χ2n) is 11.9. The molecule has 0 radical (unpaired) electrons. The van der Waals surface area contributed by atoms with Crippen molar-refractivity contribution in [3.05, 3.63) is 56.5 Å². The Hall–Kier alpha value is -3.30. The first-order chi connectivity index (χ1) is 20.7. The number of aromatic nitrogens is 2. The predicted molar refractivity (Wildman–Crippen MR) is 175 cm³/mol. The SMILES string of the molecule is CCN(CCN(C(=O)CNCC(=O)N(C)N1Cc2ccc(F)cc2C1)c1cc2c(I)nn(C)c2cc1C)C(=O)OC(C)(C)C. The molecule has 0 atom stereocenters. The van der Waals surface area contributed by atoms with E-state index in [9.17, 15) is 18.8 Å². The number of carbonyl (C=O) groups excluding carboxylic acids is 3. The second-order valence-corrected chi connectivity index (χ2v) is 13.0. The largest absolute Gasteiger partial charge is 0.444 e. The molecule has 11 nitrogen and oxygen atoms in total. The third-order valence-electron chi connectivity index (χ3n) is 7.55. The van der Waals surface area contributed by atoms with Crippen LogP contribution in [0.1, 0.15) is 44.4 Å². The topological polar surface area (TPSA) is 103 Å². The molecule has 0 aliphatic carbocycles. The molecule has 1 N–H and O–H groups in total. The number of rotatable bonds is 10. The van der Waals surface area contributed by atoms with Crippen molar-refractivity contribution in [1.82, 2.24) is 30.0 Å². The Kier molecular flexibility index (Phi) is 10.5. The maximum atomic E-state index is 13.7. The van der Waals surface area contributed by atoms with Gasteiger partial charge < -0.3 is 14.5 Å². The van der Waals surface area contributed by atoms with Gasteiger partial charge in [-0.15, -0.1) is 0 Å². The summed E-state index contributed by atoms with van der Waals surface area (Å²) in [6, 6.07) is 8.60. The van der Waals surface area contributed by atoms with Crippen LogP contribution in [-0.2, 0) is 34.5 Å². The molecule has 238 valence electrons. The molecule has 13 heteroatoms. The van der Waals surface area contributed by atoms with Crippen LogP contribution in [0.2, 0.25) is 0 Å². The first-order valence-corrected chi connectivity index (χ1v) is 15.7. The van der Waals surface area contributed by atoms with Gasteiger partial charge in [-0.3, -0.25) is 24.6 Å². The molecule has 44 heavy (non-hydrogen) atoms. The summed E-state index contributed by atoms with van der Waals surface area (Å²) in [4.78, 5) is 42.8. The van der Waals surface area contributed by atoms with Crippen LogP contribution < -0.4 is 10.2 Å². The number of nitrogens with one attached hydrogen (secondary N) is 1. The molecule has 0 spiro atoms. The lowest BCUT2D eigenvalue weighted by molar-refractivity contribution is -0.145. The number of ether oxygens (including phenoxy) is 1. The number of nitrogens with zero attached hydrogens (tertiary/aromatic N) is 6. The Balaban J connectivity index is 1.46. The molecule has 1 aliphatic heterocycles. The van der Waals surface area contributed by atoms with Crippen molar-refractivity contribution in [2.45, 2.75) is 53.3 Å². The molecule has 0 unspecified atom stereocenters. The summed E-state index contributed by atoms with van der Waals surface area (Å²) in [5, 5.41) is 11.8. The number of likely N-dealkylation sites (N-methyl/N-ethyl adjacent to an activating group) is 2. The summed E-state index contributed by atoms with van der Waals surface area (Å²) in [5.74, 6) is -0.765. The van der Waals surface area contributed by atoms with Gasteiger partial charge in [-0.05, 0) is 98.2 Å². The van der Waals surface area contributed by atoms with E-state index in [2.05, 4.69) is 33.0 Å². The van der Waals surface area contributed by atoms with Crippen LogP contribution in [0.5, 0.6) is 0 Å². The van der Waals surface area contributed by atoms with Gasteiger partial charge >= 0.3 is 6.09 Å². The molecule has 1 aliphatic rings. The normalized spacial score (nSPS) is 13.2. The summed E-state index contributed by atoms with van der Waals surface area (Å²) < 4.78 is 21.8. The molecule has 2 aromatic carbocycles. The van der Waals surface area contributed by atoms with Crippen molar-refractivity contribution in [2.75, 3.05) is 44.7 Å². The zero-order valence-corrected chi connectivity index (χ0v) is 28.6. The second kappa shape index (κ2) is 13.8. The molecule has 0 saturated heterocycles. The number of anilines is 1. The fourth-order valence-electron chi connectivity index (χ4n) is 5.15. The summed E-state index contributed by atoms with van der Waals surface area (Å²) >= 11 is 2.18. The lowest BCUT2D eigenvalue weighted by atomic mass is 10.1. The van der Waals surface area contributed by atoms with Crippen molar-refractivity contribution in [1.29, 1.82) is 0 Å². The van der Waals surface area contributed by atoms with Crippen molar-refractivity contribution < 1.29 is 23.5 Å². The highest BCUT2D eigenvalue weighted by atomic mass is 127. The summed E-state index contributed by atoms with van der Waals surface area (Å²) in [6.45, 7) is 10.9. The zero-order chi connectivity index (χ0) is 32.3. The average molecular weight is 722 g/mol. The highest BCUT2D eigenvalue weighted by Gasteiger charge is 2.27. The van der Waals surface area contributed by atoms with Crippen LogP contribution in [0.25, 0.3) is 10.9 Å². The average Bonchev–Trinajstić information content (AvgIpc) is 3.48. The van der Waals surface area contributed by atoms with Crippen LogP contribution in [0, 0.1) is 16.4 Å². The minimum absolute atomic E-state index is 0.0607. The van der Waals surface area contributed by atoms with Crippen molar-refractivity contribution >= 4 is 57.1 Å². The van der Waals surface area contributed by atoms with Crippen molar-refractivity contribution in [2.24, 2.45) is 7.05 Å². The van der Waals surface area contributed by atoms with E-state index in [0.717, 1.165) is 31.3 Å². The van der Waals surface area contributed by atoms with Gasteiger partial charge in [-0.1, -0.05) is 6.07 Å². The van der Waals surface area contributed by atoms with Crippen molar-refractivity contribution in [3.63, 3.8) is 0 Å². The first-order valence-electron chi connectivity index (χ1n) is 14.6. The highest BCUT2D eigenvalue weighted by molar-refractivity contribution is 14.1. The molecule has 0 saturated carbocycles. The maximum Gasteiger partial charge on any atom is 0.410 e. The van der Waals surface area contributed by atoms with Crippen LogP contribution >= 0.6 is 22.6 Å². The fraction of sp³-hybridized carbons (Fsp3) is 0.484. The fourth-order valence-corrected chi connectivity index (χ4v) is 5.91. The van der Waals surface area contributed by atoms with Gasteiger partial charge in [0.1, 0.15) is 15.1 Å². The summed E-state index contributed by atoms with van der Waals surface area (Å²) in [6.07, 6.45) is -0.444. The van der Waals surface area contributed by atoms with Gasteiger partial charge in [0, 0.05) is 57.9 Å². The third kappa shape index (κ3) is 7.85. The van der Waals surface area contributed by atoms with E-state index in [4.69, 9.17) is 4.74 Å². The Labute approximate surface area is 271 Å². The van der Waals surface area contributed by atoms with E-state index in [0.29, 0.717) is 25.3 Å². The van der Waals surface area contributed by atoms with Crippen LogP contribution in [-0.4, -0.2) is 88.0 Å². The van der Waals surface area contributed by atoms with E-state index in [1.165, 1.54) is 17.1 Å². The number of hydrogen-bond donors (Lipinski definition) is 1. The van der Waals surface area contributed by atoms with Gasteiger partial charge in [-0.2, -0.15) is 5.10 Å². The van der Waals surface area contributed by atoms with Gasteiger partial charge in [0.25, 0.3) is 5.91 Å². The Morgan fingerprint density at radius 2 is 1.75 bits per heavy atom. The maximum absolute atomic E-state index is 13.7. The number of hydrogen-bond acceptors (Lipinski definition) is 7. The van der Waals surface area contributed by atoms with Gasteiger partial charge in [0.05, 0.1) is 18.6 Å². The minimum Gasteiger partial charge on any atom is -0.444 e. The number of amides is 3. The minimum atomic E-state index is -0.643. The smallest absolute Gasteiger partial charge is 0.410 e. The van der Waals surface area contributed by atoms with Gasteiger partial charge in [-0.25, -0.2) is 14.2 Å². The lowest BCUT2D eigenvalue weighted by Gasteiger charge is -2.30. The molecule has 3 amide bonds. The van der Waals surface area contributed by atoms with E-state index in [-0.39, 0.29) is 43.8 Å². The Morgan fingerprint density at radius 1 is 1.07 bits per heavy atom. The van der Waals surface area contributed by atoms with Gasteiger partial charge in [0.2, 0.25) is 5.91 Å². The van der Waals surface area contributed by atoms with Crippen LogP contribution in [0.4, 0.5) is 14.9 Å². The monoisotopic (exact) mass is 721 g/mol. The van der Waals surface area contributed by atoms with Gasteiger partial charge in [0.15, 0.2) is 0 Å². The molecule has 3 aromatic rings. The summed E-state index contributed by atoms with van der Waals surface area (Å²) in [5.41, 5.74) is 3.73. The zero-order valence-electron chi connectivity index (χ0n) is 26.4. The Bertz CT molecular complexity index is 1550. The molecule has 0 bridgehead atoms. The molecular formula is C31H41FIN7O4. The molecule has 1 aromatic heterocycles. The molecule has 2 heterocycles. The standard InChI is InChI=1S/C31H41FIN7O4/c1-8-38(30(43)44-31(3,4)5)11-12-40(25-15-24-26(13-20(25)2)36(6)35-29(24)33)28(42)17-34-16-27(41)37(7)39-18-21-9-10-23(32)14-22(21)19-39/h9-10,13-15,34H,8,11-12,16-19H2,1-7H3. The first kappa shape index (κ1) is 33.6. The molecule has 0 fully saturated rings. The van der Waals surface area contributed by atoms with Crippen LogP contribution in [0.15, 0.2) is 30.3 Å². The molecular weight excluding hydrogens is 680 g/mol. The third-order valence-corrected chi connectivity index (χ3v) is 8.35. The van der Waals surface area contributed by atoms with Crippen LogP contribution in [0.3, 0.4) is 0 Å². The van der Waals surface area contributed by atoms with E-state index in [1.54, 1.807) is 27.6 Å². The number of aryl methyl sites for hydroxylation is 2. The van der Waals surface area contributed by atoms with E-state index >= 15 is 0 Å². The highest BCUT2D eigenvalue weighted by Crippen LogP contribution is 2.30. The lowest BCUT2D eigenvalue weighted by Crippen LogP contribution is -2.48. The number of carbonyl (C=O) groups is 3. The number of fused-ring (bicyclic) bond motifs is 2. The summed E-state index contributed by atoms with van der Waals surface area (Å²) in [7, 11) is 3.55. The number of halogens is 2. The number of benzene rings is 2.